The predicted molar refractivity (Wildman–Crippen MR) is 166 cm³/mol. The fourth-order valence-electron chi connectivity index (χ4n) is 2.99. The number of carboxylic acid groups (broad SMARTS) is 1. The summed E-state index contributed by atoms with van der Waals surface area (Å²) in [4.78, 5) is 23.6. The highest BCUT2D eigenvalue weighted by Crippen LogP contribution is 2.08. The Morgan fingerprint density at radius 1 is 0.457 bits per heavy atom. The van der Waals surface area contributed by atoms with Crippen molar-refractivity contribution in [3.05, 3.63) is 0 Å². The van der Waals surface area contributed by atoms with Crippen LogP contribution in [-0.2, 0) is 61.6 Å². The Hall–Kier alpha value is -1.70. The number of hydrogen-bond donors (Lipinski definition) is 1. The van der Waals surface area contributed by atoms with Gasteiger partial charge in [0.15, 0.2) is 0 Å². The molecule has 1 N–H and O–H groups in total. The maximum absolute atomic E-state index is 11.8. The zero-order valence-electron chi connectivity index (χ0n) is 28.4. The molecule has 0 aromatic rings. The number of hydrogen-bond acceptors (Lipinski definition) is 14. The lowest BCUT2D eigenvalue weighted by atomic mass is 10.2. The number of carbonyl (C=O) groups is 2. The highest BCUT2D eigenvalue weighted by molar-refractivity contribution is 5.68. The molecular weight excluding hydrogens is 614 g/mol. The van der Waals surface area contributed by atoms with E-state index in [1.54, 1.807) is 7.05 Å². The van der Waals surface area contributed by atoms with Gasteiger partial charge in [0, 0.05) is 13.6 Å². The molecule has 0 aliphatic heterocycles. The third-order valence-corrected chi connectivity index (χ3v) is 5.22. The van der Waals surface area contributed by atoms with Crippen LogP contribution < -0.4 is 0 Å². The van der Waals surface area contributed by atoms with Crippen molar-refractivity contribution in [1.82, 2.24) is 4.90 Å². The molecule has 0 aliphatic carbocycles. The quantitative estimate of drug-likeness (QED) is 0.0950. The van der Waals surface area contributed by atoms with Gasteiger partial charge in [-0.1, -0.05) is 0 Å². The molecule has 0 aromatic carbocycles. The fraction of sp³-hybridized carbons (Fsp3) is 0.933. The third-order valence-electron chi connectivity index (χ3n) is 5.22. The lowest BCUT2D eigenvalue weighted by Gasteiger charge is -2.24. The summed E-state index contributed by atoms with van der Waals surface area (Å²) in [7, 11) is 1.68. The normalized spacial score (nSPS) is 11.7. The SMILES string of the molecule is CN(CCOCCOCCOCCOCCOCCOCCOCCOCCOCCOCCOCC(=O)O)C(=O)OC(C)(C)C. The molecule has 274 valence electrons. The summed E-state index contributed by atoms with van der Waals surface area (Å²) in [5.74, 6) is -0.999. The first-order valence-corrected chi connectivity index (χ1v) is 15.7. The first-order valence-electron chi connectivity index (χ1n) is 15.7. The van der Waals surface area contributed by atoms with Crippen LogP contribution in [0.2, 0.25) is 0 Å². The summed E-state index contributed by atoms with van der Waals surface area (Å²) in [5, 5.41) is 8.42. The molecule has 0 fully saturated rings. The first kappa shape index (κ1) is 44.3. The van der Waals surface area contributed by atoms with Gasteiger partial charge >= 0.3 is 12.1 Å². The average molecular weight is 674 g/mol. The van der Waals surface area contributed by atoms with Crippen molar-refractivity contribution < 1.29 is 71.5 Å². The van der Waals surface area contributed by atoms with Gasteiger partial charge in [0.05, 0.1) is 139 Å². The molecule has 1 amide bonds. The number of rotatable bonds is 35. The molecule has 0 heterocycles. The third kappa shape index (κ3) is 36.8. The monoisotopic (exact) mass is 673 g/mol. The van der Waals surface area contributed by atoms with E-state index in [1.807, 2.05) is 20.8 Å². The van der Waals surface area contributed by atoms with E-state index in [4.69, 9.17) is 61.9 Å². The lowest BCUT2D eigenvalue weighted by Crippen LogP contribution is -2.36. The summed E-state index contributed by atoms with van der Waals surface area (Å²) >= 11 is 0. The Morgan fingerprint density at radius 2 is 0.696 bits per heavy atom. The number of likely N-dealkylation sites (N-methyl/N-ethyl adjacent to an activating group) is 1. The first-order chi connectivity index (χ1) is 22.2. The Morgan fingerprint density at radius 3 is 0.935 bits per heavy atom. The van der Waals surface area contributed by atoms with Gasteiger partial charge in [-0.15, -0.1) is 0 Å². The number of carbonyl (C=O) groups excluding carboxylic acids is 1. The molecule has 0 aliphatic rings. The van der Waals surface area contributed by atoms with Gasteiger partial charge < -0.3 is 66.8 Å². The smallest absolute Gasteiger partial charge is 0.410 e. The van der Waals surface area contributed by atoms with E-state index in [-0.39, 0.29) is 19.3 Å². The zero-order chi connectivity index (χ0) is 34.0. The van der Waals surface area contributed by atoms with Gasteiger partial charge in [-0.05, 0) is 20.8 Å². The highest BCUT2D eigenvalue weighted by atomic mass is 16.6. The average Bonchev–Trinajstić information content (AvgIpc) is 3.00. The summed E-state index contributed by atoms with van der Waals surface area (Å²) in [5.41, 5.74) is -0.514. The van der Waals surface area contributed by atoms with Gasteiger partial charge in [0.1, 0.15) is 12.2 Å². The standard InChI is InChI=1S/C30H59NO15/c1-30(2,3)46-29(34)31(4)5-6-35-7-8-36-9-10-37-11-12-38-13-14-39-15-16-40-17-18-41-19-20-42-21-22-43-23-24-44-25-26-45-27-28(32)33/h5-27H2,1-4H3,(H,32,33). The minimum absolute atomic E-state index is 0.237. The van der Waals surface area contributed by atoms with Gasteiger partial charge in [-0.25, -0.2) is 9.59 Å². The van der Waals surface area contributed by atoms with Gasteiger partial charge in [-0.3, -0.25) is 0 Å². The molecular formula is C30H59NO15. The van der Waals surface area contributed by atoms with Crippen LogP contribution in [0, 0.1) is 0 Å². The molecule has 16 nitrogen and oxygen atoms in total. The van der Waals surface area contributed by atoms with E-state index in [2.05, 4.69) is 0 Å². The molecule has 46 heavy (non-hydrogen) atoms. The van der Waals surface area contributed by atoms with E-state index in [0.29, 0.717) is 139 Å². The van der Waals surface area contributed by atoms with E-state index in [1.165, 1.54) is 4.90 Å². The number of ether oxygens (including phenoxy) is 12. The van der Waals surface area contributed by atoms with Crippen LogP contribution in [0.4, 0.5) is 4.79 Å². The molecule has 0 bridgehead atoms. The molecule has 0 saturated heterocycles. The van der Waals surface area contributed by atoms with E-state index in [0.717, 1.165) is 0 Å². The maximum atomic E-state index is 11.8. The van der Waals surface area contributed by atoms with Gasteiger partial charge in [-0.2, -0.15) is 0 Å². The van der Waals surface area contributed by atoms with E-state index >= 15 is 0 Å². The molecule has 0 spiro atoms. The van der Waals surface area contributed by atoms with Crippen molar-refractivity contribution in [2.75, 3.05) is 159 Å². The Kier molecular flexibility index (Phi) is 32.0. The van der Waals surface area contributed by atoms with E-state index in [9.17, 15) is 9.59 Å². The van der Waals surface area contributed by atoms with Crippen molar-refractivity contribution in [2.24, 2.45) is 0 Å². The second-order valence-electron chi connectivity index (χ2n) is 10.5. The van der Waals surface area contributed by atoms with Gasteiger partial charge in [0.2, 0.25) is 0 Å². The van der Waals surface area contributed by atoms with Crippen molar-refractivity contribution in [3.8, 4) is 0 Å². The topological polar surface area (TPSA) is 168 Å². The predicted octanol–water partition coefficient (Wildman–Crippen LogP) is 1.12. The fourth-order valence-corrected chi connectivity index (χ4v) is 2.99. The van der Waals surface area contributed by atoms with Crippen LogP contribution in [0.1, 0.15) is 20.8 Å². The van der Waals surface area contributed by atoms with Crippen molar-refractivity contribution >= 4 is 12.1 Å². The van der Waals surface area contributed by atoms with Gasteiger partial charge in [0.25, 0.3) is 0 Å². The van der Waals surface area contributed by atoms with Crippen LogP contribution in [0.15, 0.2) is 0 Å². The summed E-state index contributed by atoms with van der Waals surface area (Å²) in [6.45, 7) is 14.9. The van der Waals surface area contributed by atoms with E-state index < -0.39 is 11.6 Å². The minimum Gasteiger partial charge on any atom is -0.480 e. The van der Waals surface area contributed by atoms with Crippen LogP contribution >= 0.6 is 0 Å². The summed E-state index contributed by atoms with van der Waals surface area (Å²) in [6, 6.07) is 0. The Labute approximate surface area is 274 Å². The maximum Gasteiger partial charge on any atom is 0.410 e. The van der Waals surface area contributed by atoms with Crippen LogP contribution in [-0.4, -0.2) is 187 Å². The van der Waals surface area contributed by atoms with Crippen molar-refractivity contribution in [2.45, 2.75) is 26.4 Å². The zero-order valence-corrected chi connectivity index (χ0v) is 28.4. The van der Waals surface area contributed by atoms with Crippen molar-refractivity contribution in [3.63, 3.8) is 0 Å². The Balaban J connectivity index is 3.15. The Bertz CT molecular complexity index is 681. The molecule has 0 rings (SSSR count). The number of aliphatic carboxylic acids is 1. The summed E-state index contributed by atoms with van der Waals surface area (Å²) in [6.07, 6.45) is -0.370. The number of carboxylic acids is 1. The summed E-state index contributed by atoms with van der Waals surface area (Å²) < 4.78 is 64.3. The molecule has 0 saturated carbocycles. The highest BCUT2D eigenvalue weighted by Gasteiger charge is 2.19. The lowest BCUT2D eigenvalue weighted by molar-refractivity contribution is -0.142. The van der Waals surface area contributed by atoms with Crippen molar-refractivity contribution in [1.29, 1.82) is 0 Å². The molecule has 0 unspecified atom stereocenters. The number of amides is 1. The molecule has 16 heteroatoms. The minimum atomic E-state index is -0.999. The molecule has 0 aromatic heterocycles. The molecule has 0 atom stereocenters. The van der Waals surface area contributed by atoms with Crippen LogP contribution in [0.3, 0.4) is 0 Å². The molecule has 0 radical (unpaired) electrons. The van der Waals surface area contributed by atoms with Crippen LogP contribution in [0.5, 0.6) is 0 Å². The van der Waals surface area contributed by atoms with Crippen LogP contribution in [0.25, 0.3) is 0 Å². The second kappa shape index (κ2) is 33.2. The largest absolute Gasteiger partial charge is 0.480 e. The second-order valence-corrected chi connectivity index (χ2v) is 10.5. The number of nitrogens with zero attached hydrogens (tertiary/aromatic N) is 1.